The normalized spacial score (nSPS) is 15.9. The highest BCUT2D eigenvalue weighted by atomic mass is 79.9. The van der Waals surface area contributed by atoms with Crippen molar-refractivity contribution in [2.45, 2.75) is 31.9 Å². The van der Waals surface area contributed by atoms with Crippen molar-refractivity contribution in [3.05, 3.63) is 63.6 Å². The Labute approximate surface area is 128 Å². The smallest absolute Gasteiger partial charge is 0.119 e. The molecule has 0 aliphatic heterocycles. The summed E-state index contributed by atoms with van der Waals surface area (Å²) in [5, 5.41) is 0. The van der Waals surface area contributed by atoms with E-state index in [1.54, 1.807) is 0 Å². The van der Waals surface area contributed by atoms with Gasteiger partial charge >= 0.3 is 0 Å². The standard InChI is InChI=1S/C17H18BrNO/c1-11-10-13(4-9-16(11)18)17(19)12-2-5-14(6-3-12)20-15-7-8-15/h2-6,9-10,15,17H,7-8,19H2,1H3. The van der Waals surface area contributed by atoms with Crippen LogP contribution in [0.4, 0.5) is 0 Å². The van der Waals surface area contributed by atoms with Crippen LogP contribution in [-0.2, 0) is 0 Å². The number of hydrogen-bond donors (Lipinski definition) is 1. The zero-order valence-corrected chi connectivity index (χ0v) is 13.1. The number of hydrogen-bond acceptors (Lipinski definition) is 2. The molecule has 1 saturated carbocycles. The number of halogens is 1. The van der Waals surface area contributed by atoms with E-state index in [-0.39, 0.29) is 6.04 Å². The molecule has 2 nitrogen and oxygen atoms in total. The van der Waals surface area contributed by atoms with Crippen molar-refractivity contribution in [3.8, 4) is 5.75 Å². The molecule has 2 aromatic carbocycles. The molecule has 0 bridgehead atoms. The second-order valence-corrected chi connectivity index (χ2v) is 6.23. The van der Waals surface area contributed by atoms with Crippen molar-refractivity contribution in [3.63, 3.8) is 0 Å². The molecule has 3 rings (SSSR count). The third kappa shape index (κ3) is 3.05. The minimum atomic E-state index is -0.100. The Hall–Kier alpha value is -1.32. The number of benzene rings is 2. The first-order chi connectivity index (χ1) is 9.63. The molecule has 0 aromatic heterocycles. The summed E-state index contributed by atoms with van der Waals surface area (Å²) < 4.78 is 6.87. The van der Waals surface area contributed by atoms with Gasteiger partial charge in [-0.05, 0) is 54.7 Å². The molecule has 1 fully saturated rings. The van der Waals surface area contributed by atoms with Gasteiger partial charge in [-0.1, -0.05) is 40.2 Å². The Balaban J connectivity index is 1.78. The lowest BCUT2D eigenvalue weighted by molar-refractivity contribution is 0.303. The number of rotatable bonds is 4. The summed E-state index contributed by atoms with van der Waals surface area (Å²) in [5.41, 5.74) is 9.78. The van der Waals surface area contributed by atoms with Gasteiger partial charge in [-0.3, -0.25) is 0 Å². The van der Waals surface area contributed by atoms with Crippen molar-refractivity contribution in [2.24, 2.45) is 5.73 Å². The molecule has 20 heavy (non-hydrogen) atoms. The molecule has 2 N–H and O–H groups in total. The molecule has 2 aromatic rings. The fourth-order valence-electron chi connectivity index (χ4n) is 2.19. The topological polar surface area (TPSA) is 35.2 Å². The van der Waals surface area contributed by atoms with Gasteiger partial charge < -0.3 is 10.5 Å². The Morgan fingerprint density at radius 3 is 2.35 bits per heavy atom. The predicted octanol–water partition coefficient (Wildman–Crippen LogP) is 4.35. The van der Waals surface area contributed by atoms with Gasteiger partial charge in [-0.25, -0.2) is 0 Å². The quantitative estimate of drug-likeness (QED) is 0.904. The second-order valence-electron chi connectivity index (χ2n) is 5.37. The van der Waals surface area contributed by atoms with Crippen LogP contribution < -0.4 is 10.5 Å². The average molecular weight is 332 g/mol. The van der Waals surface area contributed by atoms with Crippen molar-refractivity contribution < 1.29 is 4.74 Å². The van der Waals surface area contributed by atoms with Gasteiger partial charge in [0.15, 0.2) is 0 Å². The van der Waals surface area contributed by atoms with Crippen LogP contribution in [0.3, 0.4) is 0 Å². The molecular weight excluding hydrogens is 314 g/mol. The van der Waals surface area contributed by atoms with Crippen LogP contribution in [-0.4, -0.2) is 6.10 Å². The van der Waals surface area contributed by atoms with E-state index in [4.69, 9.17) is 10.5 Å². The van der Waals surface area contributed by atoms with Crippen LogP contribution in [0.2, 0.25) is 0 Å². The van der Waals surface area contributed by atoms with Crippen LogP contribution in [0.15, 0.2) is 46.9 Å². The monoisotopic (exact) mass is 331 g/mol. The lowest BCUT2D eigenvalue weighted by Gasteiger charge is -2.14. The zero-order valence-electron chi connectivity index (χ0n) is 11.5. The van der Waals surface area contributed by atoms with Crippen LogP contribution in [0, 0.1) is 6.92 Å². The molecule has 1 atom stereocenters. The van der Waals surface area contributed by atoms with Crippen LogP contribution in [0.5, 0.6) is 5.75 Å². The number of aryl methyl sites for hydroxylation is 1. The zero-order chi connectivity index (χ0) is 14.1. The van der Waals surface area contributed by atoms with E-state index in [9.17, 15) is 0 Å². The summed E-state index contributed by atoms with van der Waals surface area (Å²) in [6.07, 6.45) is 2.79. The third-order valence-electron chi connectivity index (χ3n) is 3.61. The van der Waals surface area contributed by atoms with E-state index in [1.807, 2.05) is 12.1 Å². The van der Waals surface area contributed by atoms with Crippen LogP contribution in [0.1, 0.15) is 35.6 Å². The fraction of sp³-hybridized carbons (Fsp3) is 0.294. The van der Waals surface area contributed by atoms with Crippen molar-refractivity contribution in [1.29, 1.82) is 0 Å². The highest BCUT2D eigenvalue weighted by molar-refractivity contribution is 9.10. The first-order valence-electron chi connectivity index (χ1n) is 6.92. The molecule has 0 spiro atoms. The average Bonchev–Trinajstić information content (AvgIpc) is 3.26. The van der Waals surface area contributed by atoms with E-state index in [2.05, 4.69) is 53.2 Å². The Morgan fingerprint density at radius 2 is 1.75 bits per heavy atom. The van der Waals surface area contributed by atoms with Gasteiger partial charge in [0, 0.05) is 4.47 Å². The van der Waals surface area contributed by atoms with E-state index < -0.39 is 0 Å². The molecule has 0 heterocycles. The van der Waals surface area contributed by atoms with Crippen LogP contribution in [0.25, 0.3) is 0 Å². The van der Waals surface area contributed by atoms with Crippen molar-refractivity contribution >= 4 is 15.9 Å². The van der Waals surface area contributed by atoms with Gasteiger partial charge in [-0.15, -0.1) is 0 Å². The van der Waals surface area contributed by atoms with Crippen molar-refractivity contribution in [2.75, 3.05) is 0 Å². The molecule has 1 unspecified atom stereocenters. The number of nitrogens with two attached hydrogens (primary N) is 1. The minimum Gasteiger partial charge on any atom is -0.490 e. The van der Waals surface area contributed by atoms with E-state index in [0.29, 0.717) is 6.10 Å². The predicted molar refractivity (Wildman–Crippen MR) is 85.0 cm³/mol. The first-order valence-corrected chi connectivity index (χ1v) is 7.71. The first kappa shape index (κ1) is 13.7. The second kappa shape index (κ2) is 5.58. The van der Waals surface area contributed by atoms with Gasteiger partial charge in [0.05, 0.1) is 12.1 Å². The summed E-state index contributed by atoms with van der Waals surface area (Å²) in [5.74, 6) is 0.940. The van der Waals surface area contributed by atoms with E-state index in [0.717, 1.165) is 21.3 Å². The van der Waals surface area contributed by atoms with Gasteiger partial charge in [0.25, 0.3) is 0 Å². The Bertz CT molecular complexity index is 605. The SMILES string of the molecule is Cc1cc(C(N)c2ccc(OC3CC3)cc2)ccc1Br. The van der Waals surface area contributed by atoms with Gasteiger partial charge in [0.1, 0.15) is 5.75 Å². The molecule has 0 saturated heterocycles. The Kier molecular flexibility index (Phi) is 3.81. The van der Waals surface area contributed by atoms with Gasteiger partial charge in [0.2, 0.25) is 0 Å². The maximum atomic E-state index is 6.34. The summed E-state index contributed by atoms with van der Waals surface area (Å²) in [6, 6.07) is 14.3. The highest BCUT2D eigenvalue weighted by Crippen LogP contribution is 2.29. The molecule has 104 valence electrons. The van der Waals surface area contributed by atoms with E-state index >= 15 is 0 Å². The summed E-state index contributed by atoms with van der Waals surface area (Å²) in [4.78, 5) is 0. The van der Waals surface area contributed by atoms with Crippen LogP contribution >= 0.6 is 15.9 Å². The summed E-state index contributed by atoms with van der Waals surface area (Å²) in [6.45, 7) is 2.08. The minimum absolute atomic E-state index is 0.100. The molecule has 0 radical (unpaired) electrons. The molecular formula is C17H18BrNO. The highest BCUT2D eigenvalue weighted by Gasteiger charge is 2.23. The fourth-order valence-corrected chi connectivity index (χ4v) is 2.43. The van der Waals surface area contributed by atoms with Crippen molar-refractivity contribution in [1.82, 2.24) is 0 Å². The molecule has 3 heteroatoms. The maximum absolute atomic E-state index is 6.34. The maximum Gasteiger partial charge on any atom is 0.119 e. The lowest BCUT2D eigenvalue weighted by atomic mass is 9.98. The lowest BCUT2D eigenvalue weighted by Crippen LogP contribution is -2.12. The number of ether oxygens (including phenoxy) is 1. The largest absolute Gasteiger partial charge is 0.490 e. The molecule has 1 aliphatic rings. The summed E-state index contributed by atoms with van der Waals surface area (Å²) >= 11 is 3.52. The molecule has 0 amide bonds. The van der Waals surface area contributed by atoms with Gasteiger partial charge in [-0.2, -0.15) is 0 Å². The third-order valence-corrected chi connectivity index (χ3v) is 4.50. The molecule has 1 aliphatic carbocycles. The van der Waals surface area contributed by atoms with E-state index in [1.165, 1.54) is 18.4 Å². The summed E-state index contributed by atoms with van der Waals surface area (Å²) in [7, 11) is 0. The Morgan fingerprint density at radius 1 is 1.10 bits per heavy atom.